The molecule has 0 aliphatic heterocycles. The Balaban J connectivity index is 1.57. The molecular formula is C23H18N4O3. The predicted octanol–water partition coefficient (Wildman–Crippen LogP) is 3.17. The second kappa shape index (κ2) is 7.76. The van der Waals surface area contributed by atoms with E-state index in [-0.39, 0.29) is 18.5 Å². The summed E-state index contributed by atoms with van der Waals surface area (Å²) >= 11 is 0. The van der Waals surface area contributed by atoms with Gasteiger partial charge in [0.1, 0.15) is 0 Å². The van der Waals surface area contributed by atoms with Crippen LogP contribution in [0.3, 0.4) is 0 Å². The standard InChI is InChI=1S/C23H18N4O3/c1-14-21(15-6-2-5-9-19(15)26-14)22(29)17(12-24)20(28)10-11-27-13-25-18-8-4-3-7-16(18)23(27)30/h2-9,13,17,26H,10-11H2,1H3. The number of hydrogen-bond acceptors (Lipinski definition) is 5. The van der Waals surface area contributed by atoms with Crippen molar-refractivity contribution in [2.75, 3.05) is 0 Å². The van der Waals surface area contributed by atoms with E-state index >= 15 is 0 Å². The maximum absolute atomic E-state index is 13.0. The number of nitrogens with one attached hydrogen (secondary N) is 1. The molecular weight excluding hydrogens is 380 g/mol. The number of fused-ring (bicyclic) bond motifs is 2. The van der Waals surface area contributed by atoms with E-state index in [4.69, 9.17) is 0 Å². The van der Waals surface area contributed by atoms with Gasteiger partial charge in [-0.1, -0.05) is 30.3 Å². The molecule has 0 spiro atoms. The summed E-state index contributed by atoms with van der Waals surface area (Å²) in [5.74, 6) is -2.47. The van der Waals surface area contributed by atoms with Gasteiger partial charge in [-0.15, -0.1) is 0 Å². The van der Waals surface area contributed by atoms with Crippen LogP contribution in [0.2, 0.25) is 0 Å². The van der Waals surface area contributed by atoms with E-state index in [0.717, 1.165) is 5.52 Å². The van der Waals surface area contributed by atoms with Crippen molar-refractivity contribution in [1.29, 1.82) is 5.26 Å². The Labute approximate surface area is 171 Å². The fraction of sp³-hybridized carbons (Fsp3) is 0.174. The topological polar surface area (TPSA) is 109 Å². The van der Waals surface area contributed by atoms with E-state index < -0.39 is 17.5 Å². The summed E-state index contributed by atoms with van der Waals surface area (Å²) in [6, 6.07) is 16.0. The molecule has 4 aromatic rings. The Morgan fingerprint density at radius 3 is 2.60 bits per heavy atom. The zero-order valence-electron chi connectivity index (χ0n) is 16.3. The maximum Gasteiger partial charge on any atom is 0.261 e. The first kappa shape index (κ1) is 19.3. The van der Waals surface area contributed by atoms with Gasteiger partial charge < -0.3 is 4.98 Å². The maximum atomic E-state index is 13.0. The van der Waals surface area contributed by atoms with Crippen molar-refractivity contribution in [3.05, 3.63) is 76.5 Å². The van der Waals surface area contributed by atoms with Gasteiger partial charge in [-0.2, -0.15) is 5.26 Å². The number of rotatable bonds is 6. The van der Waals surface area contributed by atoms with Gasteiger partial charge >= 0.3 is 0 Å². The SMILES string of the molecule is Cc1[nH]c2ccccc2c1C(=O)C(C#N)C(=O)CCn1cnc2ccccc2c1=O. The summed E-state index contributed by atoms with van der Waals surface area (Å²) < 4.78 is 1.33. The van der Waals surface area contributed by atoms with Crippen molar-refractivity contribution in [2.45, 2.75) is 19.9 Å². The average molecular weight is 398 g/mol. The van der Waals surface area contributed by atoms with Crippen LogP contribution in [0.15, 0.2) is 59.7 Å². The van der Waals surface area contributed by atoms with Gasteiger partial charge in [-0.25, -0.2) is 4.98 Å². The minimum atomic E-state index is -1.42. The molecule has 0 aliphatic carbocycles. The van der Waals surface area contributed by atoms with Gasteiger partial charge in [0.2, 0.25) is 0 Å². The van der Waals surface area contributed by atoms with Gasteiger partial charge in [0.25, 0.3) is 5.56 Å². The smallest absolute Gasteiger partial charge is 0.261 e. The van der Waals surface area contributed by atoms with Crippen LogP contribution < -0.4 is 5.56 Å². The van der Waals surface area contributed by atoms with Gasteiger partial charge in [0.15, 0.2) is 17.5 Å². The third-order valence-electron chi connectivity index (χ3n) is 5.18. The highest BCUT2D eigenvalue weighted by atomic mass is 16.2. The highest BCUT2D eigenvalue weighted by molar-refractivity contribution is 6.18. The Morgan fingerprint density at radius 2 is 1.83 bits per heavy atom. The number of nitriles is 1. The number of benzene rings is 2. The predicted molar refractivity (Wildman–Crippen MR) is 112 cm³/mol. The molecule has 4 rings (SSSR count). The van der Waals surface area contributed by atoms with Crippen LogP contribution in [-0.2, 0) is 11.3 Å². The van der Waals surface area contributed by atoms with Gasteiger partial charge in [0.05, 0.1) is 23.3 Å². The highest BCUT2D eigenvalue weighted by Crippen LogP contribution is 2.25. The minimum absolute atomic E-state index is 0.0494. The average Bonchev–Trinajstić information content (AvgIpc) is 3.09. The lowest BCUT2D eigenvalue weighted by molar-refractivity contribution is -0.120. The molecule has 0 radical (unpaired) electrons. The summed E-state index contributed by atoms with van der Waals surface area (Å²) in [6.07, 6.45) is 1.26. The van der Waals surface area contributed by atoms with Crippen molar-refractivity contribution in [3.8, 4) is 6.07 Å². The lowest BCUT2D eigenvalue weighted by atomic mass is 9.92. The molecule has 2 aromatic carbocycles. The summed E-state index contributed by atoms with van der Waals surface area (Å²) in [5, 5.41) is 10.7. The molecule has 1 atom stereocenters. The molecule has 7 heteroatoms. The van der Waals surface area contributed by atoms with E-state index in [1.165, 1.54) is 10.9 Å². The Kier molecular flexibility index (Phi) is 4.98. The van der Waals surface area contributed by atoms with Crippen LogP contribution in [0.4, 0.5) is 0 Å². The quantitative estimate of drug-likeness (QED) is 0.396. The summed E-state index contributed by atoms with van der Waals surface area (Å²) in [5.41, 5.74) is 2.06. The molecule has 0 saturated carbocycles. The zero-order chi connectivity index (χ0) is 21.3. The summed E-state index contributed by atoms with van der Waals surface area (Å²) in [4.78, 5) is 45.6. The molecule has 0 aliphatic rings. The lowest BCUT2D eigenvalue weighted by Crippen LogP contribution is -2.27. The summed E-state index contributed by atoms with van der Waals surface area (Å²) in [6.45, 7) is 1.79. The molecule has 148 valence electrons. The number of ketones is 2. The van der Waals surface area contributed by atoms with E-state index in [9.17, 15) is 19.6 Å². The molecule has 0 saturated heterocycles. The van der Waals surface area contributed by atoms with Crippen LogP contribution in [0.5, 0.6) is 0 Å². The van der Waals surface area contributed by atoms with Gasteiger partial charge in [0, 0.05) is 35.1 Å². The van der Waals surface area contributed by atoms with E-state index in [1.807, 2.05) is 18.2 Å². The fourth-order valence-corrected chi connectivity index (χ4v) is 3.66. The normalized spacial score (nSPS) is 12.0. The van der Waals surface area contributed by atoms with Crippen LogP contribution in [0, 0.1) is 24.2 Å². The van der Waals surface area contributed by atoms with Crippen molar-refractivity contribution >= 4 is 33.4 Å². The Bertz CT molecular complexity index is 1390. The van der Waals surface area contributed by atoms with E-state index in [2.05, 4.69) is 9.97 Å². The molecule has 7 nitrogen and oxygen atoms in total. The number of aryl methyl sites for hydroxylation is 2. The number of hydrogen-bond donors (Lipinski definition) is 1. The van der Waals surface area contributed by atoms with E-state index in [0.29, 0.717) is 27.5 Å². The number of carbonyl (C=O) groups excluding carboxylic acids is 2. The molecule has 1 unspecified atom stereocenters. The summed E-state index contributed by atoms with van der Waals surface area (Å²) in [7, 11) is 0. The third kappa shape index (κ3) is 3.29. The highest BCUT2D eigenvalue weighted by Gasteiger charge is 2.30. The first-order chi connectivity index (χ1) is 14.5. The van der Waals surface area contributed by atoms with Crippen LogP contribution in [0.25, 0.3) is 21.8 Å². The lowest BCUT2D eigenvalue weighted by Gasteiger charge is -2.10. The number of nitrogens with zero attached hydrogens (tertiary/aromatic N) is 3. The minimum Gasteiger partial charge on any atom is -0.358 e. The molecule has 30 heavy (non-hydrogen) atoms. The number of para-hydroxylation sites is 2. The second-order valence-electron chi connectivity index (χ2n) is 7.07. The Hall–Kier alpha value is -4.05. The zero-order valence-corrected chi connectivity index (χ0v) is 16.3. The van der Waals surface area contributed by atoms with E-state index in [1.54, 1.807) is 43.3 Å². The van der Waals surface area contributed by atoms with Gasteiger partial charge in [-0.3, -0.25) is 19.0 Å². The number of aromatic nitrogens is 3. The Morgan fingerprint density at radius 1 is 1.13 bits per heavy atom. The number of aromatic amines is 1. The van der Waals surface area contributed by atoms with Crippen LogP contribution >= 0.6 is 0 Å². The molecule has 2 heterocycles. The monoisotopic (exact) mass is 398 g/mol. The van der Waals surface area contributed by atoms with Crippen molar-refractivity contribution < 1.29 is 9.59 Å². The molecule has 0 bridgehead atoms. The first-order valence-electron chi connectivity index (χ1n) is 9.49. The third-order valence-corrected chi connectivity index (χ3v) is 5.18. The number of H-pyrrole nitrogens is 1. The molecule has 1 N–H and O–H groups in total. The van der Waals surface area contributed by atoms with Crippen molar-refractivity contribution in [1.82, 2.24) is 14.5 Å². The fourth-order valence-electron chi connectivity index (χ4n) is 3.66. The largest absolute Gasteiger partial charge is 0.358 e. The molecule has 2 aromatic heterocycles. The number of Topliss-reactive ketones (excluding diaryl/α,β-unsaturated/α-hetero) is 2. The molecule has 0 fully saturated rings. The molecule has 0 amide bonds. The first-order valence-corrected chi connectivity index (χ1v) is 9.49. The second-order valence-corrected chi connectivity index (χ2v) is 7.07. The number of carbonyl (C=O) groups is 2. The van der Waals surface area contributed by atoms with Crippen molar-refractivity contribution in [2.24, 2.45) is 5.92 Å². The van der Waals surface area contributed by atoms with Gasteiger partial charge in [-0.05, 0) is 25.1 Å². The van der Waals surface area contributed by atoms with Crippen LogP contribution in [0.1, 0.15) is 22.5 Å². The van der Waals surface area contributed by atoms with Crippen LogP contribution in [-0.4, -0.2) is 26.1 Å². The van der Waals surface area contributed by atoms with Crippen molar-refractivity contribution in [3.63, 3.8) is 0 Å².